The molecule has 0 aliphatic heterocycles. The van der Waals surface area contributed by atoms with Gasteiger partial charge in [-0.15, -0.1) is 0 Å². The van der Waals surface area contributed by atoms with Gasteiger partial charge in [0.15, 0.2) is 5.41 Å². The van der Waals surface area contributed by atoms with Crippen LogP contribution in [0.2, 0.25) is 0 Å². The summed E-state index contributed by atoms with van der Waals surface area (Å²) in [6, 6.07) is 0. The Morgan fingerprint density at radius 2 is 1.68 bits per heavy atom. The van der Waals surface area contributed by atoms with Gasteiger partial charge in [0.2, 0.25) is 0 Å². The number of aliphatic carboxylic acids is 1. The normalized spacial score (nSPS) is 26.8. The lowest BCUT2D eigenvalue weighted by atomic mass is 9.70. The van der Waals surface area contributed by atoms with Crippen molar-refractivity contribution >= 4 is 11.9 Å². The largest absolute Gasteiger partial charge is 0.480 e. The van der Waals surface area contributed by atoms with Crippen molar-refractivity contribution in [2.75, 3.05) is 0 Å². The van der Waals surface area contributed by atoms with E-state index in [4.69, 9.17) is 4.74 Å². The molecule has 3 unspecified atom stereocenters. The van der Waals surface area contributed by atoms with Crippen molar-refractivity contribution in [3.8, 4) is 0 Å². The minimum atomic E-state index is -1.37. The van der Waals surface area contributed by atoms with E-state index >= 15 is 0 Å². The van der Waals surface area contributed by atoms with E-state index in [0.29, 0.717) is 12.3 Å². The molecule has 1 rings (SSSR count). The minimum absolute atomic E-state index is 0.127. The molecule has 0 spiro atoms. The molecular weight excluding hydrogens is 316 g/mol. The Balaban J connectivity index is 3.19. The summed E-state index contributed by atoms with van der Waals surface area (Å²) in [4.78, 5) is 25.5. The molecule has 0 aromatic carbocycles. The predicted octanol–water partition coefficient (Wildman–Crippen LogP) is 5.15. The van der Waals surface area contributed by atoms with Crippen molar-refractivity contribution in [3.05, 3.63) is 0 Å². The Morgan fingerprint density at radius 1 is 1.12 bits per heavy atom. The average Bonchev–Trinajstić information content (AvgIpc) is 2.90. The number of esters is 1. The number of unbranched alkanes of at least 4 members (excludes halogenated alkanes) is 1. The van der Waals surface area contributed by atoms with Gasteiger partial charge < -0.3 is 9.84 Å². The molecule has 4 nitrogen and oxygen atoms in total. The van der Waals surface area contributed by atoms with Crippen LogP contribution in [0.5, 0.6) is 0 Å². The van der Waals surface area contributed by atoms with Crippen LogP contribution in [0.3, 0.4) is 0 Å². The zero-order chi connectivity index (χ0) is 19.4. The third-order valence-corrected chi connectivity index (χ3v) is 6.05. The second-order valence-electron chi connectivity index (χ2n) is 8.83. The Morgan fingerprint density at radius 3 is 2.08 bits per heavy atom. The number of carboxylic acids is 1. The molecular formula is C21H38O4. The molecule has 1 aliphatic rings. The summed E-state index contributed by atoms with van der Waals surface area (Å²) in [5, 5.41) is 10.1. The molecule has 4 heteroatoms. The van der Waals surface area contributed by atoms with Crippen LogP contribution in [0.25, 0.3) is 0 Å². The van der Waals surface area contributed by atoms with Crippen LogP contribution in [0, 0.1) is 35.0 Å². The SMILES string of the molecule is CCCCC1C(C(C)C)CCC1(C(=O)O)C(=O)OC(C(C)C)C(C)C. The summed E-state index contributed by atoms with van der Waals surface area (Å²) in [6.07, 6.45) is 3.70. The summed E-state index contributed by atoms with van der Waals surface area (Å²) in [5.41, 5.74) is -1.37. The number of rotatable bonds is 9. The smallest absolute Gasteiger partial charge is 0.324 e. The quantitative estimate of drug-likeness (QED) is 0.459. The fourth-order valence-corrected chi connectivity index (χ4v) is 4.71. The van der Waals surface area contributed by atoms with Crippen molar-refractivity contribution in [3.63, 3.8) is 0 Å². The molecule has 146 valence electrons. The molecule has 1 fully saturated rings. The van der Waals surface area contributed by atoms with Gasteiger partial charge in [0.1, 0.15) is 6.10 Å². The maximum Gasteiger partial charge on any atom is 0.324 e. The minimum Gasteiger partial charge on any atom is -0.480 e. The maximum atomic E-state index is 13.2. The Hall–Kier alpha value is -1.06. The summed E-state index contributed by atoms with van der Waals surface area (Å²) < 4.78 is 5.84. The van der Waals surface area contributed by atoms with E-state index in [1.54, 1.807) is 0 Å². The number of hydrogen-bond donors (Lipinski definition) is 1. The van der Waals surface area contributed by atoms with Crippen LogP contribution in [-0.2, 0) is 14.3 Å². The molecule has 1 N–H and O–H groups in total. The van der Waals surface area contributed by atoms with E-state index in [9.17, 15) is 14.7 Å². The number of carboxylic acid groups (broad SMARTS) is 1. The van der Waals surface area contributed by atoms with Gasteiger partial charge in [0, 0.05) is 0 Å². The van der Waals surface area contributed by atoms with Crippen molar-refractivity contribution in [1.29, 1.82) is 0 Å². The fraction of sp³-hybridized carbons (Fsp3) is 0.905. The summed E-state index contributed by atoms with van der Waals surface area (Å²) in [6.45, 7) is 14.5. The van der Waals surface area contributed by atoms with Crippen molar-refractivity contribution < 1.29 is 19.4 Å². The number of ether oxygens (including phenoxy) is 1. The van der Waals surface area contributed by atoms with E-state index in [2.05, 4.69) is 20.8 Å². The monoisotopic (exact) mass is 354 g/mol. The molecule has 0 bridgehead atoms. The van der Waals surface area contributed by atoms with Crippen LogP contribution >= 0.6 is 0 Å². The topological polar surface area (TPSA) is 63.6 Å². The number of hydrogen-bond acceptors (Lipinski definition) is 3. The Labute approximate surface area is 153 Å². The molecule has 0 saturated heterocycles. The fourth-order valence-electron chi connectivity index (χ4n) is 4.71. The molecule has 3 atom stereocenters. The standard InChI is InChI=1S/C21H38O4/c1-8-9-10-17-16(13(2)3)11-12-21(17,19(22)23)20(24)25-18(14(4)5)15(6)7/h13-18H,8-12H2,1-7H3,(H,22,23). The van der Waals surface area contributed by atoms with E-state index in [0.717, 1.165) is 25.7 Å². The van der Waals surface area contributed by atoms with E-state index in [-0.39, 0.29) is 29.8 Å². The van der Waals surface area contributed by atoms with Crippen LogP contribution in [0.1, 0.15) is 80.6 Å². The highest BCUT2D eigenvalue weighted by atomic mass is 16.5. The third kappa shape index (κ3) is 4.57. The lowest BCUT2D eigenvalue weighted by molar-refractivity contribution is -0.180. The molecule has 1 saturated carbocycles. The highest BCUT2D eigenvalue weighted by Crippen LogP contribution is 2.53. The molecule has 0 heterocycles. The maximum absolute atomic E-state index is 13.2. The second kappa shape index (κ2) is 9.05. The first-order chi connectivity index (χ1) is 11.6. The summed E-state index contributed by atoms with van der Waals surface area (Å²) in [5.74, 6) is -0.631. The van der Waals surface area contributed by atoms with Crippen molar-refractivity contribution in [2.24, 2.45) is 35.0 Å². The van der Waals surface area contributed by atoms with E-state index < -0.39 is 17.4 Å². The van der Waals surface area contributed by atoms with Gasteiger partial charge in [0.25, 0.3) is 0 Å². The van der Waals surface area contributed by atoms with E-state index in [1.165, 1.54) is 0 Å². The predicted molar refractivity (Wildman–Crippen MR) is 100 cm³/mol. The number of carbonyl (C=O) groups excluding carboxylic acids is 1. The third-order valence-electron chi connectivity index (χ3n) is 6.05. The van der Waals surface area contributed by atoms with Gasteiger partial charge in [-0.25, -0.2) is 0 Å². The van der Waals surface area contributed by atoms with Crippen molar-refractivity contribution in [1.82, 2.24) is 0 Å². The molecule has 0 aromatic rings. The van der Waals surface area contributed by atoms with Crippen molar-refractivity contribution in [2.45, 2.75) is 86.7 Å². The lowest BCUT2D eigenvalue weighted by Gasteiger charge is -2.36. The van der Waals surface area contributed by atoms with Crippen LogP contribution in [0.15, 0.2) is 0 Å². The first-order valence-electron chi connectivity index (χ1n) is 10.0. The van der Waals surface area contributed by atoms with Crippen LogP contribution in [-0.4, -0.2) is 23.1 Å². The van der Waals surface area contributed by atoms with Crippen LogP contribution in [0.4, 0.5) is 0 Å². The summed E-state index contributed by atoms with van der Waals surface area (Å²) in [7, 11) is 0. The highest BCUT2D eigenvalue weighted by Gasteiger charge is 2.60. The average molecular weight is 355 g/mol. The molecule has 0 radical (unpaired) electrons. The Bertz CT molecular complexity index is 447. The van der Waals surface area contributed by atoms with Crippen LogP contribution < -0.4 is 0 Å². The lowest BCUT2D eigenvalue weighted by Crippen LogP contribution is -2.47. The van der Waals surface area contributed by atoms with Gasteiger partial charge in [0.05, 0.1) is 0 Å². The first-order valence-corrected chi connectivity index (χ1v) is 10.0. The zero-order valence-electron chi connectivity index (χ0n) is 17.2. The first kappa shape index (κ1) is 22.0. The molecule has 25 heavy (non-hydrogen) atoms. The van der Waals surface area contributed by atoms with Gasteiger partial charge in [-0.05, 0) is 48.9 Å². The summed E-state index contributed by atoms with van der Waals surface area (Å²) >= 11 is 0. The Kier molecular flexibility index (Phi) is 7.95. The van der Waals surface area contributed by atoms with Gasteiger partial charge in [-0.1, -0.05) is 61.3 Å². The molecule has 0 amide bonds. The second-order valence-corrected chi connectivity index (χ2v) is 8.83. The van der Waals surface area contributed by atoms with E-state index in [1.807, 2.05) is 27.7 Å². The highest BCUT2D eigenvalue weighted by molar-refractivity contribution is 6.00. The zero-order valence-corrected chi connectivity index (χ0v) is 17.2. The van der Waals surface area contributed by atoms with Gasteiger partial charge in [-0.3, -0.25) is 9.59 Å². The molecule has 0 aromatic heterocycles. The number of carbonyl (C=O) groups is 2. The van der Waals surface area contributed by atoms with Gasteiger partial charge in [-0.2, -0.15) is 0 Å². The van der Waals surface area contributed by atoms with Gasteiger partial charge >= 0.3 is 11.9 Å². The molecule has 1 aliphatic carbocycles.